The maximum absolute atomic E-state index is 12.7. The Morgan fingerprint density at radius 3 is 2.55 bits per heavy atom. The van der Waals surface area contributed by atoms with Crippen LogP contribution in [0.25, 0.3) is 10.9 Å². The molecule has 0 radical (unpaired) electrons. The Bertz CT molecular complexity index is 1460. The van der Waals surface area contributed by atoms with Gasteiger partial charge in [-0.05, 0) is 65.9 Å². The molecular weight excluding hydrogens is 478 g/mol. The minimum absolute atomic E-state index is 0.172. The number of amides is 4. The fourth-order valence-electron chi connectivity index (χ4n) is 5.07. The van der Waals surface area contributed by atoms with Gasteiger partial charge in [0.05, 0.1) is 0 Å². The van der Waals surface area contributed by atoms with Gasteiger partial charge in [0, 0.05) is 42.2 Å². The number of hydrogen-bond acceptors (Lipinski definition) is 4. The van der Waals surface area contributed by atoms with Crippen molar-refractivity contribution in [1.82, 2.24) is 26.3 Å². The summed E-state index contributed by atoms with van der Waals surface area (Å²) in [6.07, 6.45) is 3.35. The molecule has 5 N–H and O–H groups in total. The van der Waals surface area contributed by atoms with Crippen LogP contribution in [0.5, 0.6) is 0 Å². The maximum atomic E-state index is 12.7. The van der Waals surface area contributed by atoms with Gasteiger partial charge >= 0.3 is 6.03 Å². The van der Waals surface area contributed by atoms with E-state index in [2.05, 4.69) is 44.5 Å². The molecule has 4 amide bonds. The molecule has 1 saturated heterocycles. The molecule has 5 rings (SSSR count). The average Bonchev–Trinajstić information content (AvgIpc) is 3.51. The van der Waals surface area contributed by atoms with E-state index in [1.165, 1.54) is 11.1 Å². The molecule has 3 aromatic carbocycles. The van der Waals surface area contributed by atoms with E-state index in [0.717, 1.165) is 41.5 Å². The molecule has 8 nitrogen and oxygen atoms in total. The monoisotopic (exact) mass is 509 g/mol. The Morgan fingerprint density at radius 2 is 1.79 bits per heavy atom. The van der Waals surface area contributed by atoms with Crippen LogP contribution >= 0.6 is 0 Å². The topological polar surface area (TPSA) is 115 Å². The minimum atomic E-state index is -0.710. The standard InChI is InChI=1S/C30H31N5O3/c1-31-28(36)22-9-5-8-20(14-22)15-25(27-29(37)35-30(38)34-27)21-10-11-26-24(16-21)23(18-33-26)12-13-32-17-19-6-3-2-4-7-19/h2-11,14,16,18,25,27,32-33H,12-13,15,17H2,1H3,(H,31,36)(H2,34,35,37,38). The Balaban J connectivity index is 1.39. The van der Waals surface area contributed by atoms with E-state index < -0.39 is 12.1 Å². The lowest BCUT2D eigenvalue weighted by Crippen LogP contribution is -2.36. The fraction of sp³-hybridized carbons (Fsp3) is 0.233. The van der Waals surface area contributed by atoms with Crippen LogP contribution in [0, 0.1) is 0 Å². The number of urea groups is 1. The second kappa shape index (κ2) is 11.3. The molecule has 1 fully saturated rings. The molecule has 0 spiro atoms. The van der Waals surface area contributed by atoms with Gasteiger partial charge in [0.2, 0.25) is 0 Å². The lowest BCUT2D eigenvalue weighted by atomic mass is 9.84. The number of aromatic amines is 1. The Labute approximate surface area is 221 Å². The van der Waals surface area contributed by atoms with Crippen LogP contribution < -0.4 is 21.3 Å². The number of benzene rings is 3. The molecule has 4 aromatic rings. The zero-order valence-corrected chi connectivity index (χ0v) is 21.2. The van der Waals surface area contributed by atoms with Crippen LogP contribution in [0.4, 0.5) is 4.79 Å². The summed E-state index contributed by atoms with van der Waals surface area (Å²) in [7, 11) is 1.59. The number of hydrogen-bond donors (Lipinski definition) is 5. The van der Waals surface area contributed by atoms with Gasteiger partial charge in [0.1, 0.15) is 6.04 Å². The zero-order chi connectivity index (χ0) is 26.5. The predicted octanol–water partition coefficient (Wildman–Crippen LogP) is 3.39. The molecule has 2 unspecified atom stereocenters. The third-order valence-electron chi connectivity index (χ3n) is 7.04. The first-order chi connectivity index (χ1) is 18.5. The first kappa shape index (κ1) is 25.2. The number of carbonyl (C=O) groups is 3. The summed E-state index contributed by atoms with van der Waals surface area (Å²) in [5.74, 6) is -0.832. The van der Waals surface area contributed by atoms with Gasteiger partial charge in [-0.3, -0.25) is 14.9 Å². The molecule has 1 aliphatic rings. The number of fused-ring (bicyclic) bond motifs is 1. The first-order valence-electron chi connectivity index (χ1n) is 12.8. The highest BCUT2D eigenvalue weighted by Gasteiger charge is 2.37. The van der Waals surface area contributed by atoms with Crippen LogP contribution in [0.15, 0.2) is 79.0 Å². The van der Waals surface area contributed by atoms with E-state index in [1.54, 1.807) is 13.1 Å². The summed E-state index contributed by atoms with van der Waals surface area (Å²) in [6.45, 7) is 1.63. The fourth-order valence-corrected chi connectivity index (χ4v) is 5.07. The summed E-state index contributed by atoms with van der Waals surface area (Å²) in [5.41, 5.74) is 5.85. The second-order valence-corrected chi connectivity index (χ2v) is 9.56. The first-order valence-corrected chi connectivity index (χ1v) is 12.8. The van der Waals surface area contributed by atoms with Crippen molar-refractivity contribution in [2.24, 2.45) is 0 Å². The predicted molar refractivity (Wildman–Crippen MR) is 147 cm³/mol. The quantitative estimate of drug-likeness (QED) is 0.167. The van der Waals surface area contributed by atoms with Gasteiger partial charge in [-0.25, -0.2) is 4.79 Å². The average molecular weight is 510 g/mol. The lowest BCUT2D eigenvalue weighted by molar-refractivity contribution is -0.120. The van der Waals surface area contributed by atoms with Crippen molar-refractivity contribution in [2.75, 3.05) is 13.6 Å². The smallest absolute Gasteiger partial charge is 0.322 e. The van der Waals surface area contributed by atoms with Gasteiger partial charge in [0.15, 0.2) is 0 Å². The molecule has 1 aromatic heterocycles. The van der Waals surface area contributed by atoms with Crippen molar-refractivity contribution in [3.63, 3.8) is 0 Å². The maximum Gasteiger partial charge on any atom is 0.322 e. The van der Waals surface area contributed by atoms with Crippen molar-refractivity contribution in [3.05, 3.63) is 107 Å². The van der Waals surface area contributed by atoms with Crippen LogP contribution in [-0.4, -0.2) is 42.5 Å². The van der Waals surface area contributed by atoms with E-state index in [4.69, 9.17) is 0 Å². The molecule has 38 heavy (non-hydrogen) atoms. The normalized spacial score (nSPS) is 15.8. The summed E-state index contributed by atoms with van der Waals surface area (Å²) in [4.78, 5) is 40.2. The van der Waals surface area contributed by atoms with Gasteiger partial charge in [-0.15, -0.1) is 0 Å². The number of nitrogens with one attached hydrogen (secondary N) is 5. The van der Waals surface area contributed by atoms with Crippen LogP contribution in [0.1, 0.15) is 38.5 Å². The Kier molecular flexibility index (Phi) is 7.51. The van der Waals surface area contributed by atoms with Crippen LogP contribution in [0.3, 0.4) is 0 Å². The van der Waals surface area contributed by atoms with E-state index in [9.17, 15) is 14.4 Å². The van der Waals surface area contributed by atoms with Crippen molar-refractivity contribution in [2.45, 2.75) is 31.3 Å². The van der Waals surface area contributed by atoms with Crippen molar-refractivity contribution in [3.8, 4) is 0 Å². The third-order valence-corrected chi connectivity index (χ3v) is 7.04. The molecule has 8 heteroatoms. The van der Waals surface area contributed by atoms with Crippen molar-refractivity contribution < 1.29 is 14.4 Å². The summed E-state index contributed by atoms with van der Waals surface area (Å²) in [5, 5.41) is 12.4. The highest BCUT2D eigenvalue weighted by atomic mass is 16.2. The number of imide groups is 1. The van der Waals surface area contributed by atoms with E-state index in [1.807, 2.05) is 54.7 Å². The second-order valence-electron chi connectivity index (χ2n) is 9.56. The van der Waals surface area contributed by atoms with Gasteiger partial charge < -0.3 is 20.9 Å². The minimum Gasteiger partial charge on any atom is -0.361 e. The Hall–Kier alpha value is -4.43. The van der Waals surface area contributed by atoms with E-state index in [-0.39, 0.29) is 17.7 Å². The van der Waals surface area contributed by atoms with Crippen LogP contribution in [-0.2, 0) is 24.2 Å². The van der Waals surface area contributed by atoms with Crippen molar-refractivity contribution >= 4 is 28.7 Å². The largest absolute Gasteiger partial charge is 0.361 e. The lowest BCUT2D eigenvalue weighted by Gasteiger charge is -2.23. The summed E-state index contributed by atoms with van der Waals surface area (Å²) < 4.78 is 0. The number of H-pyrrole nitrogens is 1. The zero-order valence-electron chi connectivity index (χ0n) is 21.2. The van der Waals surface area contributed by atoms with E-state index in [0.29, 0.717) is 12.0 Å². The highest BCUT2D eigenvalue weighted by molar-refractivity contribution is 6.04. The van der Waals surface area contributed by atoms with Gasteiger partial charge in [-0.1, -0.05) is 48.5 Å². The number of aromatic nitrogens is 1. The third kappa shape index (κ3) is 5.60. The van der Waals surface area contributed by atoms with E-state index >= 15 is 0 Å². The molecule has 0 saturated carbocycles. The molecule has 1 aliphatic heterocycles. The molecule has 2 atom stereocenters. The molecule has 2 heterocycles. The van der Waals surface area contributed by atoms with Crippen molar-refractivity contribution in [1.29, 1.82) is 0 Å². The molecular formula is C30H31N5O3. The van der Waals surface area contributed by atoms with Crippen LogP contribution in [0.2, 0.25) is 0 Å². The molecule has 0 aliphatic carbocycles. The number of rotatable bonds is 10. The van der Waals surface area contributed by atoms with Gasteiger partial charge in [0.25, 0.3) is 11.8 Å². The van der Waals surface area contributed by atoms with Gasteiger partial charge in [-0.2, -0.15) is 0 Å². The SMILES string of the molecule is CNC(=O)c1cccc(CC(c2ccc3[nH]cc(CCNCc4ccccc4)c3c2)C2NC(=O)NC2=O)c1. The summed E-state index contributed by atoms with van der Waals surface area (Å²) >= 11 is 0. The summed E-state index contributed by atoms with van der Waals surface area (Å²) in [6, 6.07) is 22.6. The molecule has 0 bridgehead atoms. The number of carbonyl (C=O) groups excluding carboxylic acids is 3. The highest BCUT2D eigenvalue weighted by Crippen LogP contribution is 2.30. The Morgan fingerprint density at radius 1 is 0.974 bits per heavy atom. The molecule has 194 valence electrons.